The number of hydrogen-bond acceptors (Lipinski definition) is 3. The lowest BCUT2D eigenvalue weighted by atomic mass is 10.0. The van der Waals surface area contributed by atoms with E-state index >= 15 is 0 Å². The summed E-state index contributed by atoms with van der Waals surface area (Å²) in [6.07, 6.45) is 0. The fourth-order valence-corrected chi connectivity index (χ4v) is 7.19. The molecule has 234 valence electrons. The van der Waals surface area contributed by atoms with Gasteiger partial charge in [-0.25, -0.2) is 9.97 Å². The summed E-state index contributed by atoms with van der Waals surface area (Å²) in [5.41, 5.74) is 13.1. The lowest BCUT2D eigenvalue weighted by Gasteiger charge is -2.09. The van der Waals surface area contributed by atoms with Gasteiger partial charge in [-0.05, 0) is 58.7 Å². The van der Waals surface area contributed by atoms with E-state index in [-0.39, 0.29) is 0 Å². The van der Waals surface area contributed by atoms with Gasteiger partial charge in [0, 0.05) is 33.0 Å². The molecule has 10 aromatic rings. The summed E-state index contributed by atoms with van der Waals surface area (Å²) in [5, 5.41) is 3.48. The minimum atomic E-state index is 0.674. The molecular formula is C46H29N3O. The Labute approximate surface area is 288 Å². The van der Waals surface area contributed by atoms with Crippen LogP contribution in [0.15, 0.2) is 180 Å². The molecule has 0 radical (unpaired) electrons. The highest BCUT2D eigenvalue weighted by Gasteiger charge is 2.19. The highest BCUT2D eigenvalue weighted by molar-refractivity contribution is 6.10. The molecule has 0 unspecified atom stereocenters. The van der Waals surface area contributed by atoms with Crippen molar-refractivity contribution in [1.29, 1.82) is 0 Å². The zero-order chi connectivity index (χ0) is 33.0. The average Bonchev–Trinajstić information content (AvgIpc) is 3.74. The maximum atomic E-state index is 6.66. The Balaban J connectivity index is 1.08. The van der Waals surface area contributed by atoms with Crippen molar-refractivity contribution in [2.24, 2.45) is 0 Å². The monoisotopic (exact) mass is 639 g/mol. The van der Waals surface area contributed by atoms with Gasteiger partial charge < -0.3 is 8.98 Å². The third-order valence-corrected chi connectivity index (χ3v) is 9.65. The molecule has 0 aliphatic carbocycles. The summed E-state index contributed by atoms with van der Waals surface area (Å²) in [6, 6.07) is 61.5. The number of furan rings is 1. The molecule has 0 saturated carbocycles. The van der Waals surface area contributed by atoms with E-state index < -0.39 is 0 Å². The fourth-order valence-electron chi connectivity index (χ4n) is 7.19. The van der Waals surface area contributed by atoms with Crippen molar-refractivity contribution in [3.63, 3.8) is 0 Å². The van der Waals surface area contributed by atoms with Crippen LogP contribution in [0.5, 0.6) is 0 Å². The predicted octanol–water partition coefficient (Wildman–Crippen LogP) is 12.1. The molecule has 0 bridgehead atoms. The quantitative estimate of drug-likeness (QED) is 0.188. The summed E-state index contributed by atoms with van der Waals surface area (Å²) < 4.78 is 9.00. The molecule has 0 amide bonds. The van der Waals surface area contributed by atoms with Gasteiger partial charge in [0.2, 0.25) is 0 Å². The molecule has 0 spiro atoms. The van der Waals surface area contributed by atoms with Crippen LogP contribution in [-0.4, -0.2) is 14.5 Å². The maximum Gasteiger partial charge on any atom is 0.180 e. The minimum Gasteiger partial charge on any atom is -0.452 e. The Hall–Kier alpha value is -6.78. The molecule has 0 fully saturated rings. The summed E-state index contributed by atoms with van der Waals surface area (Å²) in [7, 11) is 0. The minimum absolute atomic E-state index is 0.674. The van der Waals surface area contributed by atoms with Crippen molar-refractivity contribution < 1.29 is 4.42 Å². The summed E-state index contributed by atoms with van der Waals surface area (Å²) in [6.45, 7) is 0. The van der Waals surface area contributed by atoms with Crippen LogP contribution in [0.4, 0.5) is 0 Å². The number of nitrogens with zero attached hydrogens (tertiary/aromatic N) is 3. The van der Waals surface area contributed by atoms with Crippen molar-refractivity contribution in [3.8, 4) is 50.6 Å². The van der Waals surface area contributed by atoms with Crippen LogP contribution in [0.25, 0.3) is 94.5 Å². The van der Waals surface area contributed by atoms with Gasteiger partial charge in [0.1, 0.15) is 16.8 Å². The van der Waals surface area contributed by atoms with E-state index in [1.54, 1.807) is 0 Å². The molecule has 0 saturated heterocycles. The van der Waals surface area contributed by atoms with Crippen LogP contribution in [0.2, 0.25) is 0 Å². The van der Waals surface area contributed by atoms with Gasteiger partial charge in [-0.3, -0.25) is 0 Å². The highest BCUT2D eigenvalue weighted by Crippen LogP contribution is 2.38. The number of rotatable bonds is 5. The zero-order valence-corrected chi connectivity index (χ0v) is 27.0. The van der Waals surface area contributed by atoms with E-state index in [0.717, 1.165) is 55.7 Å². The van der Waals surface area contributed by atoms with Crippen LogP contribution in [0.3, 0.4) is 0 Å². The average molecular weight is 640 g/mol. The van der Waals surface area contributed by atoms with Crippen molar-refractivity contribution >= 4 is 43.9 Å². The number of aromatic nitrogens is 3. The van der Waals surface area contributed by atoms with Crippen LogP contribution in [0.1, 0.15) is 0 Å². The Kier molecular flexibility index (Phi) is 6.46. The highest BCUT2D eigenvalue weighted by atomic mass is 16.3. The summed E-state index contributed by atoms with van der Waals surface area (Å²) in [5.74, 6) is 0.674. The second-order valence-corrected chi connectivity index (χ2v) is 12.6. The van der Waals surface area contributed by atoms with Gasteiger partial charge in [0.25, 0.3) is 0 Å². The molecule has 0 N–H and O–H groups in total. The molecule has 7 aromatic carbocycles. The Morgan fingerprint density at radius 3 is 1.60 bits per heavy atom. The van der Waals surface area contributed by atoms with Gasteiger partial charge in [0.05, 0.1) is 11.0 Å². The molecule has 3 heterocycles. The number of para-hydroxylation sites is 2. The first-order valence-corrected chi connectivity index (χ1v) is 16.8. The molecule has 0 atom stereocenters. The van der Waals surface area contributed by atoms with Crippen molar-refractivity contribution in [1.82, 2.24) is 14.5 Å². The lowest BCUT2D eigenvalue weighted by molar-refractivity contribution is 0.667. The lowest BCUT2D eigenvalue weighted by Crippen LogP contribution is -1.94. The zero-order valence-electron chi connectivity index (χ0n) is 27.0. The van der Waals surface area contributed by atoms with E-state index in [9.17, 15) is 0 Å². The van der Waals surface area contributed by atoms with Gasteiger partial charge in [-0.15, -0.1) is 0 Å². The van der Waals surface area contributed by atoms with Gasteiger partial charge in [-0.1, -0.05) is 140 Å². The standard InChI is InChI=1S/C46H29N3O/c1-3-11-30(12-4-1)31-19-21-33(22-20-31)43-45-44(48-46(47-43)34-13-5-2-6-14-34)39-28-25-35(29-42(39)50-45)32-23-26-36(27-24-32)49-40-17-9-7-15-37(40)38-16-8-10-18-41(38)49/h1-29H. The first-order valence-electron chi connectivity index (χ1n) is 16.8. The summed E-state index contributed by atoms with van der Waals surface area (Å²) >= 11 is 0. The second-order valence-electron chi connectivity index (χ2n) is 12.6. The Morgan fingerprint density at radius 2 is 0.920 bits per heavy atom. The van der Waals surface area contributed by atoms with Gasteiger partial charge in [0.15, 0.2) is 11.4 Å². The first kappa shape index (κ1) is 28.3. The van der Waals surface area contributed by atoms with Crippen molar-refractivity contribution in [3.05, 3.63) is 176 Å². The van der Waals surface area contributed by atoms with E-state index in [2.05, 4.69) is 144 Å². The number of fused-ring (bicyclic) bond motifs is 6. The predicted molar refractivity (Wildman–Crippen MR) is 205 cm³/mol. The first-order chi connectivity index (χ1) is 24.8. The van der Waals surface area contributed by atoms with E-state index in [1.807, 2.05) is 36.4 Å². The molecule has 10 rings (SSSR count). The Morgan fingerprint density at radius 1 is 0.400 bits per heavy atom. The van der Waals surface area contributed by atoms with E-state index in [0.29, 0.717) is 11.4 Å². The third-order valence-electron chi connectivity index (χ3n) is 9.65. The van der Waals surface area contributed by atoms with Crippen LogP contribution >= 0.6 is 0 Å². The molecular weight excluding hydrogens is 611 g/mol. The molecule has 0 aliphatic rings. The normalized spacial score (nSPS) is 11.6. The maximum absolute atomic E-state index is 6.66. The second kappa shape index (κ2) is 11.4. The molecule has 4 nitrogen and oxygen atoms in total. The smallest absolute Gasteiger partial charge is 0.180 e. The molecule has 4 heteroatoms. The van der Waals surface area contributed by atoms with Crippen LogP contribution < -0.4 is 0 Å². The van der Waals surface area contributed by atoms with Gasteiger partial charge >= 0.3 is 0 Å². The van der Waals surface area contributed by atoms with Crippen molar-refractivity contribution in [2.45, 2.75) is 0 Å². The van der Waals surface area contributed by atoms with Crippen LogP contribution in [-0.2, 0) is 0 Å². The molecule has 3 aromatic heterocycles. The largest absolute Gasteiger partial charge is 0.452 e. The van der Waals surface area contributed by atoms with E-state index in [4.69, 9.17) is 14.4 Å². The van der Waals surface area contributed by atoms with E-state index in [1.165, 1.54) is 27.4 Å². The number of hydrogen-bond donors (Lipinski definition) is 0. The van der Waals surface area contributed by atoms with Crippen LogP contribution in [0, 0.1) is 0 Å². The topological polar surface area (TPSA) is 43.9 Å². The molecule has 0 aliphatic heterocycles. The number of benzene rings is 7. The third kappa shape index (κ3) is 4.61. The fraction of sp³-hybridized carbons (Fsp3) is 0. The van der Waals surface area contributed by atoms with Crippen molar-refractivity contribution in [2.75, 3.05) is 0 Å². The Bertz CT molecular complexity index is 2780. The summed E-state index contributed by atoms with van der Waals surface area (Å²) in [4.78, 5) is 10.2. The van der Waals surface area contributed by atoms with Gasteiger partial charge in [-0.2, -0.15) is 0 Å². The molecule has 50 heavy (non-hydrogen) atoms. The SMILES string of the molecule is c1ccc(-c2ccc(-c3nc(-c4ccccc4)nc4c3oc3cc(-c5ccc(-n6c7ccccc7c7ccccc76)cc5)ccc34)cc2)cc1.